The van der Waals surface area contributed by atoms with E-state index >= 15 is 0 Å². The van der Waals surface area contributed by atoms with E-state index in [0.717, 1.165) is 6.07 Å². The highest BCUT2D eigenvalue weighted by atomic mass is 19.1. The molecule has 0 fully saturated rings. The Kier molecular flexibility index (Phi) is 6.88. The fraction of sp³-hybridized carbons (Fsp3) is 0.500. The number of halogens is 2. The molecule has 0 saturated carbocycles. The fourth-order valence-electron chi connectivity index (χ4n) is 1.18. The van der Waals surface area contributed by atoms with Crippen LogP contribution in [0.15, 0.2) is 18.2 Å². The summed E-state index contributed by atoms with van der Waals surface area (Å²) in [6, 6.07) is 3.82. The van der Waals surface area contributed by atoms with E-state index in [1.165, 1.54) is 12.1 Å². The first kappa shape index (κ1) is 14.0. The lowest BCUT2D eigenvalue weighted by atomic mass is 10.1. The zero-order chi connectivity index (χ0) is 11.8. The molecule has 0 aliphatic rings. The van der Waals surface area contributed by atoms with E-state index in [0.29, 0.717) is 12.0 Å². The lowest BCUT2D eigenvalue weighted by Crippen LogP contribution is -2.23. The number of hydrogen-bond donors (Lipinski definition) is 1. The van der Waals surface area contributed by atoms with Crippen LogP contribution in [-0.4, -0.2) is 13.1 Å². The molecule has 0 bridgehead atoms. The SMILES string of the molecule is CC.CNC(C)Cc1cc(F)cc(F)c1. The molecule has 1 aromatic rings. The van der Waals surface area contributed by atoms with Crippen molar-refractivity contribution < 1.29 is 8.78 Å². The van der Waals surface area contributed by atoms with Gasteiger partial charge in [-0.25, -0.2) is 8.78 Å². The Labute approximate surface area is 90.5 Å². The highest BCUT2D eigenvalue weighted by Gasteiger charge is 2.03. The second kappa shape index (κ2) is 7.35. The minimum atomic E-state index is -0.515. The van der Waals surface area contributed by atoms with Crippen molar-refractivity contribution >= 4 is 0 Å². The topological polar surface area (TPSA) is 12.0 Å². The van der Waals surface area contributed by atoms with Gasteiger partial charge < -0.3 is 5.32 Å². The standard InChI is InChI=1S/C10H13F2N.C2H6/c1-7(13-2)3-8-4-9(11)6-10(12)5-8;1-2/h4-7,13H,3H2,1-2H3;1-2H3. The predicted molar refractivity (Wildman–Crippen MR) is 59.9 cm³/mol. The van der Waals surface area contributed by atoms with E-state index in [9.17, 15) is 8.78 Å². The Balaban J connectivity index is 0.000000921. The Morgan fingerprint density at radius 3 is 2.00 bits per heavy atom. The molecule has 0 aromatic heterocycles. The summed E-state index contributed by atoms with van der Waals surface area (Å²) in [5.74, 6) is -1.03. The smallest absolute Gasteiger partial charge is 0.126 e. The zero-order valence-electron chi connectivity index (χ0n) is 9.77. The number of benzene rings is 1. The van der Waals surface area contributed by atoms with Crippen LogP contribution in [-0.2, 0) is 6.42 Å². The van der Waals surface area contributed by atoms with Crippen LogP contribution in [0.4, 0.5) is 8.78 Å². The fourth-order valence-corrected chi connectivity index (χ4v) is 1.18. The van der Waals surface area contributed by atoms with Crippen LogP contribution < -0.4 is 5.32 Å². The van der Waals surface area contributed by atoms with Crippen LogP contribution in [0, 0.1) is 11.6 Å². The third kappa shape index (κ3) is 5.47. The van der Waals surface area contributed by atoms with Crippen LogP contribution in [0.3, 0.4) is 0 Å². The normalized spacial score (nSPS) is 11.6. The first-order valence-electron chi connectivity index (χ1n) is 5.24. The van der Waals surface area contributed by atoms with Crippen molar-refractivity contribution in [2.75, 3.05) is 7.05 Å². The molecule has 0 heterocycles. The summed E-state index contributed by atoms with van der Waals surface area (Å²) in [5, 5.41) is 3.01. The van der Waals surface area contributed by atoms with Crippen molar-refractivity contribution in [3.63, 3.8) is 0 Å². The van der Waals surface area contributed by atoms with Gasteiger partial charge in [0.2, 0.25) is 0 Å². The Morgan fingerprint density at radius 2 is 1.60 bits per heavy atom. The Bertz CT molecular complexity index is 267. The molecule has 86 valence electrons. The number of hydrogen-bond acceptors (Lipinski definition) is 1. The summed E-state index contributed by atoms with van der Waals surface area (Å²) in [6.45, 7) is 5.96. The van der Waals surface area contributed by atoms with Gasteiger partial charge in [0.05, 0.1) is 0 Å². The van der Waals surface area contributed by atoms with Crippen LogP contribution in [0.5, 0.6) is 0 Å². The molecule has 0 amide bonds. The average molecular weight is 215 g/mol. The largest absolute Gasteiger partial charge is 0.317 e. The second-order valence-electron chi connectivity index (χ2n) is 3.17. The molecule has 1 unspecified atom stereocenters. The monoisotopic (exact) mass is 215 g/mol. The average Bonchev–Trinajstić information content (AvgIpc) is 2.19. The third-order valence-corrected chi connectivity index (χ3v) is 1.96. The van der Waals surface area contributed by atoms with Crippen LogP contribution >= 0.6 is 0 Å². The van der Waals surface area contributed by atoms with E-state index in [4.69, 9.17) is 0 Å². The van der Waals surface area contributed by atoms with Crippen molar-refractivity contribution in [1.82, 2.24) is 5.32 Å². The lowest BCUT2D eigenvalue weighted by molar-refractivity contribution is 0.567. The van der Waals surface area contributed by atoms with Gasteiger partial charge in [-0.05, 0) is 38.1 Å². The third-order valence-electron chi connectivity index (χ3n) is 1.96. The maximum Gasteiger partial charge on any atom is 0.126 e. The van der Waals surface area contributed by atoms with Gasteiger partial charge in [0, 0.05) is 12.1 Å². The summed E-state index contributed by atoms with van der Waals surface area (Å²) in [4.78, 5) is 0. The summed E-state index contributed by atoms with van der Waals surface area (Å²) < 4.78 is 25.4. The first-order valence-corrected chi connectivity index (χ1v) is 5.24. The van der Waals surface area contributed by atoms with Gasteiger partial charge in [-0.1, -0.05) is 13.8 Å². The second-order valence-corrected chi connectivity index (χ2v) is 3.17. The molecular formula is C12H19F2N. The van der Waals surface area contributed by atoms with Crippen molar-refractivity contribution in [3.05, 3.63) is 35.4 Å². The van der Waals surface area contributed by atoms with Gasteiger partial charge in [0.15, 0.2) is 0 Å². The molecule has 0 radical (unpaired) electrons. The van der Waals surface area contributed by atoms with Crippen molar-refractivity contribution in [2.24, 2.45) is 0 Å². The molecule has 0 spiro atoms. The van der Waals surface area contributed by atoms with E-state index in [2.05, 4.69) is 5.32 Å². The van der Waals surface area contributed by atoms with Gasteiger partial charge >= 0.3 is 0 Å². The highest BCUT2D eigenvalue weighted by molar-refractivity contribution is 5.18. The quantitative estimate of drug-likeness (QED) is 0.816. The van der Waals surface area contributed by atoms with Gasteiger partial charge in [-0.3, -0.25) is 0 Å². The number of rotatable bonds is 3. The van der Waals surface area contributed by atoms with E-state index in [-0.39, 0.29) is 6.04 Å². The predicted octanol–water partition coefficient (Wildman–Crippen LogP) is 3.14. The molecule has 0 saturated heterocycles. The first-order chi connectivity index (χ1) is 7.11. The van der Waals surface area contributed by atoms with E-state index in [1.807, 2.05) is 27.8 Å². The summed E-state index contributed by atoms with van der Waals surface area (Å²) in [6.07, 6.45) is 0.630. The summed E-state index contributed by atoms with van der Waals surface area (Å²) in [5.41, 5.74) is 0.680. The molecule has 1 N–H and O–H groups in total. The van der Waals surface area contributed by atoms with Crippen molar-refractivity contribution in [1.29, 1.82) is 0 Å². The van der Waals surface area contributed by atoms with Gasteiger partial charge in [-0.2, -0.15) is 0 Å². The van der Waals surface area contributed by atoms with Crippen LogP contribution in [0.2, 0.25) is 0 Å². The van der Waals surface area contributed by atoms with Gasteiger partial charge in [0.1, 0.15) is 11.6 Å². The molecule has 3 heteroatoms. The minimum Gasteiger partial charge on any atom is -0.317 e. The molecule has 0 aliphatic heterocycles. The molecular weight excluding hydrogens is 196 g/mol. The van der Waals surface area contributed by atoms with Crippen molar-refractivity contribution in [2.45, 2.75) is 33.2 Å². The summed E-state index contributed by atoms with van der Waals surface area (Å²) >= 11 is 0. The molecule has 1 rings (SSSR count). The van der Waals surface area contributed by atoms with Gasteiger partial charge in [0.25, 0.3) is 0 Å². The summed E-state index contributed by atoms with van der Waals surface area (Å²) in [7, 11) is 1.82. The molecule has 1 aromatic carbocycles. The van der Waals surface area contributed by atoms with Gasteiger partial charge in [-0.15, -0.1) is 0 Å². The number of likely N-dealkylation sites (N-methyl/N-ethyl adjacent to an activating group) is 1. The Hall–Kier alpha value is -0.960. The van der Waals surface area contributed by atoms with Crippen molar-refractivity contribution in [3.8, 4) is 0 Å². The molecule has 1 nitrogen and oxygen atoms in total. The van der Waals surface area contributed by atoms with E-state index < -0.39 is 11.6 Å². The Morgan fingerprint density at radius 1 is 1.13 bits per heavy atom. The minimum absolute atomic E-state index is 0.223. The maximum absolute atomic E-state index is 12.7. The highest BCUT2D eigenvalue weighted by Crippen LogP contribution is 2.09. The van der Waals surface area contributed by atoms with Crippen LogP contribution in [0.25, 0.3) is 0 Å². The molecule has 1 atom stereocenters. The zero-order valence-corrected chi connectivity index (χ0v) is 9.77. The maximum atomic E-state index is 12.7. The molecule has 0 aliphatic carbocycles. The number of nitrogens with one attached hydrogen (secondary N) is 1. The van der Waals surface area contributed by atoms with E-state index in [1.54, 1.807) is 0 Å². The van der Waals surface area contributed by atoms with Crippen LogP contribution in [0.1, 0.15) is 26.3 Å². The lowest BCUT2D eigenvalue weighted by Gasteiger charge is -2.09. The molecule has 15 heavy (non-hydrogen) atoms.